The van der Waals surface area contributed by atoms with Crippen LogP contribution < -0.4 is 32.4 Å². The predicted octanol–water partition coefficient (Wildman–Crippen LogP) is 1.45. The minimum absolute atomic E-state index is 0.0132. The van der Waals surface area contributed by atoms with Gasteiger partial charge in [-0.15, -0.1) is 0 Å². The molecule has 2 rings (SSSR count). The molecule has 0 spiro atoms. The summed E-state index contributed by atoms with van der Waals surface area (Å²) in [6.45, 7) is 7.39. The molecule has 10 N–H and O–H groups in total. The van der Waals surface area contributed by atoms with Gasteiger partial charge in [0.1, 0.15) is 35.7 Å². The number of carbonyl (C=O) groups excluding carboxylic acids is 2. The quantitative estimate of drug-likeness (QED) is 0.147. The van der Waals surface area contributed by atoms with E-state index in [0.717, 1.165) is 12.0 Å². The molecule has 0 saturated carbocycles. The first-order valence-corrected chi connectivity index (χ1v) is 13.2. The third kappa shape index (κ3) is 12.5. The molecule has 0 unspecified atom stereocenters. The largest absolute Gasteiger partial charge is 0.480 e. The average molecular weight is 575 g/mol. The van der Waals surface area contributed by atoms with E-state index in [1.165, 1.54) is 0 Å². The fraction of sp³-hybridized carbons (Fsp3) is 0.448. The van der Waals surface area contributed by atoms with Crippen LogP contribution in [-0.4, -0.2) is 58.3 Å². The molecule has 0 fully saturated rings. The number of esters is 2. The van der Waals surface area contributed by atoms with Crippen molar-refractivity contribution in [3.63, 3.8) is 0 Å². The third-order valence-electron chi connectivity index (χ3n) is 6.35. The third-order valence-corrected chi connectivity index (χ3v) is 6.35. The van der Waals surface area contributed by atoms with Crippen molar-refractivity contribution in [2.75, 3.05) is 0 Å². The van der Waals surface area contributed by atoms with E-state index < -0.39 is 48.0 Å². The number of nitrogens with two attached hydrogens (primary N) is 4. The standard InChI is InChI=1S/C24H31N3O6.C5H11NO2/c1-3-14(2)21(27)24(31)33-18-10-6-16(7-11-18)13-20(26)23(30)32-17-8-4-15(5-9-17)12-19(25)22(28)29;1-3(2)4(6)5(7)8/h4-11,14,19-21H,3,12-13,25-27H2,1-2H3,(H,28,29);3-4H,6H2,1-2H3,(H,7,8)/t14-,19-,20-,21-;4-/m00/s1. The lowest BCUT2D eigenvalue weighted by Gasteiger charge is -2.17. The molecule has 12 nitrogen and oxygen atoms in total. The summed E-state index contributed by atoms with van der Waals surface area (Å²) < 4.78 is 10.6. The Morgan fingerprint density at radius 3 is 1.41 bits per heavy atom. The Labute approximate surface area is 240 Å². The maximum Gasteiger partial charge on any atom is 0.328 e. The second-order valence-corrected chi connectivity index (χ2v) is 10.1. The molecule has 0 aliphatic carbocycles. The zero-order valence-corrected chi connectivity index (χ0v) is 23.9. The summed E-state index contributed by atoms with van der Waals surface area (Å²) >= 11 is 0. The summed E-state index contributed by atoms with van der Waals surface area (Å²) in [6, 6.07) is 9.75. The first kappa shape index (κ1) is 35.2. The van der Waals surface area contributed by atoms with E-state index in [-0.39, 0.29) is 24.7 Å². The molecule has 0 amide bonds. The number of benzene rings is 2. The topological polar surface area (TPSA) is 231 Å². The van der Waals surface area contributed by atoms with Crippen LogP contribution in [0.3, 0.4) is 0 Å². The number of hydrogen-bond donors (Lipinski definition) is 6. The minimum Gasteiger partial charge on any atom is -0.480 e. The highest BCUT2D eigenvalue weighted by atomic mass is 16.5. The van der Waals surface area contributed by atoms with Gasteiger partial charge in [-0.3, -0.25) is 9.59 Å². The Bertz CT molecular complexity index is 1140. The SMILES string of the molecule is CC(C)[C@H](N)C(=O)O.CC[C@H](C)[C@H](N)C(=O)Oc1ccc(C[C@H](N)C(=O)Oc2ccc(C[C@H](N)C(=O)O)cc2)cc1. The van der Waals surface area contributed by atoms with Gasteiger partial charge >= 0.3 is 23.9 Å². The van der Waals surface area contributed by atoms with E-state index in [0.29, 0.717) is 17.1 Å². The smallest absolute Gasteiger partial charge is 0.328 e. The van der Waals surface area contributed by atoms with Crippen LogP contribution in [0.5, 0.6) is 11.5 Å². The summed E-state index contributed by atoms with van der Waals surface area (Å²) in [4.78, 5) is 45.3. The molecule has 2 aromatic rings. The van der Waals surface area contributed by atoms with Gasteiger partial charge in [0.05, 0.1) is 0 Å². The maximum atomic E-state index is 12.3. The van der Waals surface area contributed by atoms with Gasteiger partial charge in [0.2, 0.25) is 0 Å². The lowest BCUT2D eigenvalue weighted by Crippen LogP contribution is -2.39. The molecular weight excluding hydrogens is 532 g/mol. The number of ether oxygens (including phenoxy) is 2. The van der Waals surface area contributed by atoms with Gasteiger partial charge in [0.15, 0.2) is 0 Å². The van der Waals surface area contributed by atoms with Crippen LogP contribution in [0, 0.1) is 11.8 Å². The van der Waals surface area contributed by atoms with Crippen LogP contribution in [0.15, 0.2) is 48.5 Å². The fourth-order valence-electron chi connectivity index (χ4n) is 3.21. The van der Waals surface area contributed by atoms with Gasteiger partial charge in [0.25, 0.3) is 0 Å². The molecule has 0 aliphatic rings. The summed E-state index contributed by atoms with van der Waals surface area (Å²) in [6.07, 6.45) is 1.16. The molecule has 2 aromatic carbocycles. The lowest BCUT2D eigenvalue weighted by molar-refractivity contribution is -0.140. The zero-order valence-electron chi connectivity index (χ0n) is 23.9. The highest BCUT2D eigenvalue weighted by Gasteiger charge is 2.22. The van der Waals surface area contributed by atoms with Crippen molar-refractivity contribution in [2.45, 2.75) is 71.1 Å². The second kappa shape index (κ2) is 17.1. The number of hydrogen-bond acceptors (Lipinski definition) is 10. The first-order valence-electron chi connectivity index (χ1n) is 13.2. The molecule has 0 saturated heterocycles. The van der Waals surface area contributed by atoms with Gasteiger partial charge < -0.3 is 42.6 Å². The molecule has 12 heteroatoms. The highest BCUT2D eigenvalue weighted by molar-refractivity contribution is 5.79. The molecule has 226 valence electrons. The van der Waals surface area contributed by atoms with Crippen molar-refractivity contribution >= 4 is 23.9 Å². The Morgan fingerprint density at radius 1 is 0.659 bits per heavy atom. The summed E-state index contributed by atoms with van der Waals surface area (Å²) in [5.74, 6) is -2.43. The van der Waals surface area contributed by atoms with Gasteiger partial charge in [-0.1, -0.05) is 58.4 Å². The number of carbonyl (C=O) groups is 4. The van der Waals surface area contributed by atoms with Crippen LogP contribution in [-0.2, 0) is 32.0 Å². The monoisotopic (exact) mass is 574 g/mol. The maximum absolute atomic E-state index is 12.3. The number of carboxylic acids is 2. The highest BCUT2D eigenvalue weighted by Crippen LogP contribution is 2.17. The van der Waals surface area contributed by atoms with Crippen LogP contribution in [0.4, 0.5) is 0 Å². The molecule has 0 aromatic heterocycles. The lowest BCUT2D eigenvalue weighted by atomic mass is 10.0. The van der Waals surface area contributed by atoms with Crippen LogP contribution >= 0.6 is 0 Å². The van der Waals surface area contributed by atoms with E-state index in [1.807, 2.05) is 13.8 Å². The van der Waals surface area contributed by atoms with Gasteiger partial charge in [-0.05, 0) is 60.1 Å². The molecule has 0 bridgehead atoms. The average Bonchev–Trinajstić information content (AvgIpc) is 2.93. The predicted molar refractivity (Wildman–Crippen MR) is 153 cm³/mol. The Morgan fingerprint density at radius 2 is 1.07 bits per heavy atom. The minimum atomic E-state index is -1.09. The van der Waals surface area contributed by atoms with Crippen molar-refractivity contribution in [1.29, 1.82) is 0 Å². The van der Waals surface area contributed by atoms with Crippen molar-refractivity contribution in [1.82, 2.24) is 0 Å². The summed E-state index contributed by atoms with van der Waals surface area (Å²) in [5.41, 5.74) is 24.0. The van der Waals surface area contributed by atoms with Crippen molar-refractivity contribution in [3.05, 3.63) is 59.7 Å². The van der Waals surface area contributed by atoms with E-state index in [1.54, 1.807) is 62.4 Å². The summed E-state index contributed by atoms with van der Waals surface area (Å²) in [7, 11) is 0. The van der Waals surface area contributed by atoms with Crippen molar-refractivity contribution in [3.8, 4) is 11.5 Å². The Balaban J connectivity index is 0.000000915. The second-order valence-electron chi connectivity index (χ2n) is 10.1. The normalized spacial score (nSPS) is 14.5. The van der Waals surface area contributed by atoms with Crippen LogP contribution in [0.25, 0.3) is 0 Å². The fourth-order valence-corrected chi connectivity index (χ4v) is 3.21. The number of aliphatic carboxylic acids is 2. The van der Waals surface area contributed by atoms with E-state index in [4.69, 9.17) is 42.6 Å². The van der Waals surface area contributed by atoms with Crippen molar-refractivity contribution in [2.24, 2.45) is 34.8 Å². The van der Waals surface area contributed by atoms with Crippen LogP contribution in [0.1, 0.15) is 45.2 Å². The molecule has 41 heavy (non-hydrogen) atoms. The Kier molecular flexibility index (Phi) is 14.7. The number of rotatable bonds is 13. The molecule has 5 atom stereocenters. The molecule has 0 aliphatic heterocycles. The Hall–Kier alpha value is -3.84. The van der Waals surface area contributed by atoms with Crippen molar-refractivity contribution < 1.29 is 38.9 Å². The molecule has 0 heterocycles. The van der Waals surface area contributed by atoms with Gasteiger partial charge in [-0.2, -0.15) is 0 Å². The molecule has 0 radical (unpaired) electrons. The van der Waals surface area contributed by atoms with E-state index >= 15 is 0 Å². The number of carboxylic acid groups (broad SMARTS) is 2. The van der Waals surface area contributed by atoms with Gasteiger partial charge in [0, 0.05) is 0 Å². The van der Waals surface area contributed by atoms with E-state index in [2.05, 4.69) is 0 Å². The zero-order chi connectivity index (χ0) is 31.3. The van der Waals surface area contributed by atoms with Gasteiger partial charge in [-0.25, -0.2) is 9.59 Å². The van der Waals surface area contributed by atoms with E-state index in [9.17, 15) is 19.2 Å². The van der Waals surface area contributed by atoms with Crippen LogP contribution in [0.2, 0.25) is 0 Å². The summed E-state index contributed by atoms with van der Waals surface area (Å²) in [5, 5.41) is 17.1. The first-order chi connectivity index (χ1) is 19.2. The molecular formula is C29H42N4O8.